The third kappa shape index (κ3) is 3.67. The summed E-state index contributed by atoms with van der Waals surface area (Å²) >= 11 is 0. The summed E-state index contributed by atoms with van der Waals surface area (Å²) in [4.78, 5) is 14.3. The number of nitrogens with one attached hydrogen (secondary N) is 1. The topological polar surface area (TPSA) is 32.3 Å². The van der Waals surface area contributed by atoms with Gasteiger partial charge in [-0.2, -0.15) is 0 Å². The van der Waals surface area contributed by atoms with E-state index in [0.29, 0.717) is 13.0 Å². The van der Waals surface area contributed by atoms with Crippen molar-refractivity contribution in [2.75, 3.05) is 24.5 Å². The highest BCUT2D eigenvalue weighted by Gasteiger charge is 2.18. The fourth-order valence-electron chi connectivity index (χ4n) is 2.95. The molecule has 1 aliphatic heterocycles. The van der Waals surface area contributed by atoms with E-state index in [0.717, 1.165) is 25.9 Å². The van der Waals surface area contributed by atoms with Crippen molar-refractivity contribution in [3.8, 4) is 0 Å². The van der Waals surface area contributed by atoms with Gasteiger partial charge in [0.15, 0.2) is 0 Å². The van der Waals surface area contributed by atoms with Crippen LogP contribution in [-0.2, 0) is 17.6 Å². The molecule has 3 nitrogen and oxygen atoms in total. The molecule has 0 atom stereocenters. The molecule has 3 heteroatoms. The smallest absolute Gasteiger partial charge is 0.221 e. The third-order valence-electron chi connectivity index (χ3n) is 4.17. The summed E-state index contributed by atoms with van der Waals surface area (Å²) in [5, 5.41) is 3.01. The standard InChI is InChI=1S/C19H22N2O/c22-19(20-13-10-16-6-2-1-3-7-16)12-15-21-14-11-17-8-4-5-9-18(17)21/h1-9H,10-15H2,(H,20,22). The second kappa shape index (κ2) is 7.12. The van der Waals surface area contributed by atoms with E-state index in [1.54, 1.807) is 0 Å². The molecule has 2 aromatic rings. The van der Waals surface area contributed by atoms with Gasteiger partial charge in [0.1, 0.15) is 0 Å². The molecule has 0 aromatic heterocycles. The maximum Gasteiger partial charge on any atom is 0.221 e. The number of amides is 1. The molecule has 0 bridgehead atoms. The molecule has 0 spiro atoms. The zero-order valence-electron chi connectivity index (χ0n) is 12.8. The minimum atomic E-state index is 0.139. The molecule has 0 saturated carbocycles. The quantitative estimate of drug-likeness (QED) is 0.888. The number of hydrogen-bond donors (Lipinski definition) is 1. The molecule has 114 valence electrons. The number of fused-ring (bicyclic) bond motifs is 1. The highest BCUT2D eigenvalue weighted by Crippen LogP contribution is 2.27. The van der Waals surface area contributed by atoms with Crippen LogP contribution in [-0.4, -0.2) is 25.5 Å². The second-order valence-corrected chi connectivity index (χ2v) is 5.70. The van der Waals surface area contributed by atoms with E-state index >= 15 is 0 Å². The minimum Gasteiger partial charge on any atom is -0.370 e. The summed E-state index contributed by atoms with van der Waals surface area (Å²) in [5.41, 5.74) is 3.95. The summed E-state index contributed by atoms with van der Waals surface area (Å²) in [6.07, 6.45) is 2.54. The average molecular weight is 294 g/mol. The molecule has 0 aliphatic carbocycles. The fourth-order valence-corrected chi connectivity index (χ4v) is 2.95. The van der Waals surface area contributed by atoms with Crippen LogP contribution in [0.25, 0.3) is 0 Å². The first-order valence-electron chi connectivity index (χ1n) is 7.96. The van der Waals surface area contributed by atoms with Crippen molar-refractivity contribution in [3.05, 3.63) is 65.7 Å². The lowest BCUT2D eigenvalue weighted by Gasteiger charge is -2.18. The van der Waals surface area contributed by atoms with E-state index < -0.39 is 0 Å². The van der Waals surface area contributed by atoms with E-state index in [1.807, 2.05) is 18.2 Å². The molecular formula is C19H22N2O. The minimum absolute atomic E-state index is 0.139. The molecule has 2 aromatic carbocycles. The van der Waals surface area contributed by atoms with Crippen molar-refractivity contribution in [3.63, 3.8) is 0 Å². The zero-order valence-corrected chi connectivity index (χ0v) is 12.8. The Morgan fingerprint density at radius 3 is 2.68 bits per heavy atom. The van der Waals surface area contributed by atoms with Crippen LogP contribution in [0, 0.1) is 0 Å². The monoisotopic (exact) mass is 294 g/mol. The molecule has 0 radical (unpaired) electrons. The lowest BCUT2D eigenvalue weighted by atomic mass is 10.1. The number of hydrogen-bond acceptors (Lipinski definition) is 2. The summed E-state index contributed by atoms with van der Waals surface area (Å²) < 4.78 is 0. The second-order valence-electron chi connectivity index (χ2n) is 5.70. The van der Waals surface area contributed by atoms with Gasteiger partial charge in [0.2, 0.25) is 5.91 Å². The van der Waals surface area contributed by atoms with Gasteiger partial charge in [-0.15, -0.1) is 0 Å². The van der Waals surface area contributed by atoms with Crippen LogP contribution in [0.2, 0.25) is 0 Å². The largest absolute Gasteiger partial charge is 0.370 e. The number of rotatable bonds is 6. The highest BCUT2D eigenvalue weighted by atomic mass is 16.1. The molecule has 3 rings (SSSR count). The average Bonchev–Trinajstić information content (AvgIpc) is 2.97. The van der Waals surface area contributed by atoms with Gasteiger partial charge < -0.3 is 10.2 Å². The van der Waals surface area contributed by atoms with E-state index in [-0.39, 0.29) is 5.91 Å². The number of para-hydroxylation sites is 1. The van der Waals surface area contributed by atoms with Crippen LogP contribution < -0.4 is 10.2 Å². The number of carbonyl (C=O) groups is 1. The van der Waals surface area contributed by atoms with Gasteiger partial charge in [0.25, 0.3) is 0 Å². The first-order valence-corrected chi connectivity index (χ1v) is 7.96. The summed E-state index contributed by atoms with van der Waals surface area (Å²) in [5.74, 6) is 0.139. The van der Waals surface area contributed by atoms with Gasteiger partial charge in [-0.3, -0.25) is 4.79 Å². The summed E-state index contributed by atoms with van der Waals surface area (Å²) in [6, 6.07) is 18.7. The van der Waals surface area contributed by atoms with Crippen LogP contribution in [0.3, 0.4) is 0 Å². The van der Waals surface area contributed by atoms with E-state index in [4.69, 9.17) is 0 Å². The number of nitrogens with zero attached hydrogens (tertiary/aromatic N) is 1. The van der Waals surface area contributed by atoms with E-state index in [2.05, 4.69) is 46.6 Å². The maximum atomic E-state index is 12.0. The van der Waals surface area contributed by atoms with E-state index in [9.17, 15) is 4.79 Å². The zero-order chi connectivity index (χ0) is 15.2. The number of benzene rings is 2. The molecule has 22 heavy (non-hydrogen) atoms. The highest BCUT2D eigenvalue weighted by molar-refractivity contribution is 5.76. The van der Waals surface area contributed by atoms with Gasteiger partial charge in [0, 0.05) is 31.7 Å². The number of anilines is 1. The van der Waals surface area contributed by atoms with Gasteiger partial charge in [-0.05, 0) is 30.0 Å². The van der Waals surface area contributed by atoms with Crippen LogP contribution in [0.5, 0.6) is 0 Å². The SMILES string of the molecule is O=C(CCN1CCc2ccccc21)NCCc1ccccc1. The van der Waals surface area contributed by atoms with Gasteiger partial charge >= 0.3 is 0 Å². The summed E-state index contributed by atoms with van der Waals surface area (Å²) in [7, 11) is 0. The Labute approximate surface area is 132 Å². The van der Waals surface area contributed by atoms with E-state index in [1.165, 1.54) is 16.8 Å². The molecule has 1 amide bonds. The normalized spacial score (nSPS) is 13.0. The van der Waals surface area contributed by atoms with Gasteiger partial charge in [-0.25, -0.2) is 0 Å². The molecule has 1 heterocycles. The molecule has 1 N–H and O–H groups in total. The molecule has 0 unspecified atom stereocenters. The lowest BCUT2D eigenvalue weighted by Crippen LogP contribution is -2.31. The molecular weight excluding hydrogens is 272 g/mol. The van der Waals surface area contributed by atoms with Crippen LogP contribution in [0.1, 0.15) is 17.5 Å². The molecule has 0 saturated heterocycles. The van der Waals surface area contributed by atoms with Crippen molar-refractivity contribution >= 4 is 11.6 Å². The predicted octanol–water partition coefficient (Wildman–Crippen LogP) is 2.80. The predicted molar refractivity (Wildman–Crippen MR) is 90.1 cm³/mol. The van der Waals surface area contributed by atoms with Crippen molar-refractivity contribution in [1.82, 2.24) is 5.32 Å². The van der Waals surface area contributed by atoms with Crippen LogP contribution in [0.15, 0.2) is 54.6 Å². The lowest BCUT2D eigenvalue weighted by molar-refractivity contribution is -0.120. The van der Waals surface area contributed by atoms with Crippen molar-refractivity contribution in [2.45, 2.75) is 19.3 Å². The Balaban J connectivity index is 1.40. The van der Waals surface area contributed by atoms with Crippen LogP contribution >= 0.6 is 0 Å². The van der Waals surface area contributed by atoms with Gasteiger partial charge in [0.05, 0.1) is 0 Å². The fraction of sp³-hybridized carbons (Fsp3) is 0.316. The third-order valence-corrected chi connectivity index (χ3v) is 4.17. The van der Waals surface area contributed by atoms with Crippen LogP contribution in [0.4, 0.5) is 5.69 Å². The molecule has 0 fully saturated rings. The maximum absolute atomic E-state index is 12.0. The summed E-state index contributed by atoms with van der Waals surface area (Å²) in [6.45, 7) is 2.53. The Bertz CT molecular complexity index is 624. The van der Waals surface area contributed by atoms with Crippen molar-refractivity contribution < 1.29 is 4.79 Å². The van der Waals surface area contributed by atoms with Crippen molar-refractivity contribution in [1.29, 1.82) is 0 Å². The Morgan fingerprint density at radius 2 is 1.82 bits per heavy atom. The Hall–Kier alpha value is -2.29. The first-order chi connectivity index (χ1) is 10.8. The van der Waals surface area contributed by atoms with Crippen molar-refractivity contribution in [2.24, 2.45) is 0 Å². The Kier molecular flexibility index (Phi) is 4.74. The van der Waals surface area contributed by atoms with Gasteiger partial charge in [-0.1, -0.05) is 48.5 Å². The molecule has 1 aliphatic rings. The number of carbonyl (C=O) groups excluding carboxylic acids is 1. The first kappa shape index (κ1) is 14.6. The Morgan fingerprint density at radius 1 is 1.05 bits per heavy atom.